The zero-order valence-electron chi connectivity index (χ0n) is 11.0. The number of methoxy groups -OCH3 is 1. The lowest BCUT2D eigenvalue weighted by molar-refractivity contribution is 0.0911. The number of carbonyl (C=O) groups is 1. The average molecular weight is 256 g/mol. The lowest BCUT2D eigenvalue weighted by atomic mass is 10.0. The number of hydrogen-bond acceptors (Lipinski definition) is 5. The largest absolute Gasteiger partial charge is 0.393 e. The van der Waals surface area contributed by atoms with Crippen molar-refractivity contribution in [2.75, 3.05) is 13.7 Å². The number of nitrogens with one attached hydrogen (secondary N) is 1. The van der Waals surface area contributed by atoms with Gasteiger partial charge in [0.2, 0.25) is 0 Å². The number of amides is 1. The predicted molar refractivity (Wildman–Crippen MR) is 65.0 cm³/mol. The van der Waals surface area contributed by atoms with Gasteiger partial charge in [-0.1, -0.05) is 19.0 Å². The fourth-order valence-corrected chi connectivity index (χ4v) is 1.39. The first-order chi connectivity index (χ1) is 8.54. The van der Waals surface area contributed by atoms with Gasteiger partial charge in [-0.15, -0.1) is 0 Å². The Morgan fingerprint density at radius 3 is 2.94 bits per heavy atom. The Hall–Kier alpha value is -1.40. The predicted octanol–water partition coefficient (Wildman–Crippen LogP) is 0.958. The first kappa shape index (κ1) is 14.7. The number of rotatable bonds is 7. The second kappa shape index (κ2) is 7.13. The lowest BCUT2D eigenvalue weighted by Gasteiger charge is -2.13. The van der Waals surface area contributed by atoms with Crippen molar-refractivity contribution in [3.8, 4) is 0 Å². The van der Waals surface area contributed by atoms with E-state index < -0.39 is 6.10 Å². The normalized spacial score (nSPS) is 12.7. The van der Waals surface area contributed by atoms with E-state index in [1.165, 1.54) is 13.2 Å². The maximum atomic E-state index is 11.7. The summed E-state index contributed by atoms with van der Waals surface area (Å²) in [6, 6.07) is 1.54. The highest BCUT2D eigenvalue weighted by molar-refractivity contribution is 5.92. The van der Waals surface area contributed by atoms with Crippen molar-refractivity contribution in [3.63, 3.8) is 0 Å². The van der Waals surface area contributed by atoms with Crippen LogP contribution >= 0.6 is 0 Å². The number of aliphatic hydroxyl groups excluding tert-OH is 1. The molecule has 1 aromatic rings. The highest BCUT2D eigenvalue weighted by Crippen LogP contribution is 2.06. The van der Waals surface area contributed by atoms with E-state index in [9.17, 15) is 9.90 Å². The summed E-state index contributed by atoms with van der Waals surface area (Å²) >= 11 is 0. The average Bonchev–Trinajstić information content (AvgIpc) is 2.77. The molecule has 0 spiro atoms. The third-order valence-corrected chi connectivity index (χ3v) is 2.57. The maximum absolute atomic E-state index is 11.7. The summed E-state index contributed by atoms with van der Waals surface area (Å²) in [5.74, 6) is 0.379. The van der Waals surface area contributed by atoms with Crippen LogP contribution in [0.15, 0.2) is 10.6 Å². The van der Waals surface area contributed by atoms with Crippen LogP contribution in [0.3, 0.4) is 0 Å². The molecule has 1 atom stereocenters. The van der Waals surface area contributed by atoms with Gasteiger partial charge in [0.25, 0.3) is 5.91 Å². The van der Waals surface area contributed by atoms with E-state index in [1.807, 2.05) is 13.8 Å². The number of nitrogens with zero attached hydrogens (tertiary/aromatic N) is 1. The van der Waals surface area contributed by atoms with Gasteiger partial charge in [0.15, 0.2) is 11.5 Å². The Morgan fingerprint density at radius 2 is 2.33 bits per heavy atom. The van der Waals surface area contributed by atoms with E-state index in [0.717, 1.165) is 0 Å². The molecule has 1 heterocycles. The summed E-state index contributed by atoms with van der Waals surface area (Å²) in [7, 11) is 1.54. The van der Waals surface area contributed by atoms with Crippen LogP contribution in [0, 0.1) is 5.92 Å². The summed E-state index contributed by atoms with van der Waals surface area (Å²) in [5, 5.41) is 15.9. The Bertz CT molecular complexity index is 376. The van der Waals surface area contributed by atoms with E-state index >= 15 is 0 Å². The molecule has 1 rings (SSSR count). The monoisotopic (exact) mass is 256 g/mol. The van der Waals surface area contributed by atoms with E-state index in [4.69, 9.17) is 9.26 Å². The summed E-state index contributed by atoms with van der Waals surface area (Å²) in [6.07, 6.45) is 0.110. The second-order valence-electron chi connectivity index (χ2n) is 4.47. The Labute approximate surface area is 106 Å². The summed E-state index contributed by atoms with van der Waals surface area (Å²) in [5.41, 5.74) is 0.223. The van der Waals surface area contributed by atoms with Gasteiger partial charge in [0.05, 0.1) is 6.10 Å². The zero-order valence-corrected chi connectivity index (χ0v) is 11.0. The molecule has 0 saturated heterocycles. The molecular weight excluding hydrogens is 236 g/mol. The molecule has 0 fully saturated rings. The molecule has 2 N–H and O–H groups in total. The molecule has 0 radical (unpaired) electrons. The van der Waals surface area contributed by atoms with Crippen LogP contribution in [0.4, 0.5) is 0 Å². The van der Waals surface area contributed by atoms with E-state index in [2.05, 4.69) is 10.5 Å². The number of aliphatic hydroxyl groups is 1. The maximum Gasteiger partial charge on any atom is 0.273 e. The Morgan fingerprint density at radius 1 is 1.61 bits per heavy atom. The van der Waals surface area contributed by atoms with Crippen LogP contribution in [-0.4, -0.2) is 35.9 Å². The smallest absolute Gasteiger partial charge is 0.273 e. The molecule has 0 aromatic carbocycles. The van der Waals surface area contributed by atoms with Crippen molar-refractivity contribution in [1.82, 2.24) is 10.5 Å². The van der Waals surface area contributed by atoms with Gasteiger partial charge in [-0.3, -0.25) is 4.79 Å². The van der Waals surface area contributed by atoms with E-state index in [1.54, 1.807) is 0 Å². The fourth-order valence-electron chi connectivity index (χ4n) is 1.39. The third-order valence-electron chi connectivity index (χ3n) is 2.57. The van der Waals surface area contributed by atoms with Crippen LogP contribution in [0.2, 0.25) is 0 Å². The molecule has 6 heteroatoms. The molecule has 0 aliphatic carbocycles. The number of carbonyl (C=O) groups excluding carboxylic acids is 1. The SMILES string of the molecule is COCc1cc(C(=O)NCCC(O)C(C)C)no1. The van der Waals surface area contributed by atoms with Gasteiger partial charge in [0.1, 0.15) is 6.61 Å². The molecule has 6 nitrogen and oxygen atoms in total. The summed E-state index contributed by atoms with van der Waals surface area (Å²) < 4.78 is 9.77. The molecule has 0 bridgehead atoms. The topological polar surface area (TPSA) is 84.6 Å². The second-order valence-corrected chi connectivity index (χ2v) is 4.47. The van der Waals surface area contributed by atoms with Gasteiger partial charge >= 0.3 is 0 Å². The van der Waals surface area contributed by atoms with Gasteiger partial charge < -0.3 is 19.7 Å². The minimum atomic E-state index is -0.410. The van der Waals surface area contributed by atoms with Crippen molar-refractivity contribution in [1.29, 1.82) is 0 Å². The van der Waals surface area contributed by atoms with E-state index in [-0.39, 0.29) is 24.1 Å². The highest BCUT2D eigenvalue weighted by atomic mass is 16.5. The van der Waals surface area contributed by atoms with Crippen molar-refractivity contribution in [2.24, 2.45) is 5.92 Å². The van der Waals surface area contributed by atoms with Gasteiger partial charge in [-0.05, 0) is 12.3 Å². The van der Waals surface area contributed by atoms with Gasteiger partial charge in [0, 0.05) is 19.7 Å². The highest BCUT2D eigenvalue weighted by Gasteiger charge is 2.13. The van der Waals surface area contributed by atoms with Gasteiger partial charge in [-0.2, -0.15) is 0 Å². The van der Waals surface area contributed by atoms with Crippen molar-refractivity contribution in [3.05, 3.63) is 17.5 Å². The van der Waals surface area contributed by atoms with Crippen molar-refractivity contribution >= 4 is 5.91 Å². The number of ether oxygens (including phenoxy) is 1. The molecule has 1 unspecified atom stereocenters. The molecule has 0 saturated carbocycles. The molecule has 0 aliphatic heterocycles. The summed E-state index contributed by atoms with van der Waals surface area (Å²) in [6.45, 7) is 4.55. The molecule has 102 valence electrons. The molecule has 1 amide bonds. The van der Waals surface area contributed by atoms with Crippen molar-refractivity contribution < 1.29 is 19.2 Å². The third kappa shape index (κ3) is 4.46. The summed E-state index contributed by atoms with van der Waals surface area (Å²) in [4.78, 5) is 11.7. The standard InChI is InChI=1S/C12H20N2O4/c1-8(2)11(15)4-5-13-12(16)10-6-9(7-17-3)18-14-10/h6,8,11,15H,4-5,7H2,1-3H3,(H,13,16). The van der Waals surface area contributed by atoms with Crippen molar-refractivity contribution in [2.45, 2.75) is 33.0 Å². The minimum absolute atomic E-state index is 0.183. The molecule has 0 aliphatic rings. The van der Waals surface area contributed by atoms with Crippen LogP contribution in [-0.2, 0) is 11.3 Å². The van der Waals surface area contributed by atoms with Crippen LogP contribution in [0.1, 0.15) is 36.5 Å². The molecular formula is C12H20N2O4. The fraction of sp³-hybridized carbons (Fsp3) is 0.667. The Kier molecular flexibility index (Phi) is 5.80. The van der Waals surface area contributed by atoms with Crippen LogP contribution in [0.5, 0.6) is 0 Å². The van der Waals surface area contributed by atoms with Crippen LogP contribution in [0.25, 0.3) is 0 Å². The first-order valence-electron chi connectivity index (χ1n) is 5.95. The quantitative estimate of drug-likeness (QED) is 0.759. The first-order valence-corrected chi connectivity index (χ1v) is 5.95. The van der Waals surface area contributed by atoms with Gasteiger partial charge in [-0.25, -0.2) is 0 Å². The zero-order chi connectivity index (χ0) is 13.5. The van der Waals surface area contributed by atoms with E-state index in [0.29, 0.717) is 18.7 Å². The number of aromatic nitrogens is 1. The molecule has 1 aromatic heterocycles. The van der Waals surface area contributed by atoms with Crippen LogP contribution < -0.4 is 5.32 Å². The minimum Gasteiger partial charge on any atom is -0.393 e. The molecule has 18 heavy (non-hydrogen) atoms. The lowest BCUT2D eigenvalue weighted by Crippen LogP contribution is -2.28. The number of hydrogen-bond donors (Lipinski definition) is 2. The Balaban J connectivity index is 2.36.